The monoisotopic (exact) mass is 354 g/mol. The minimum atomic E-state index is -0.187. The van der Waals surface area contributed by atoms with E-state index in [1.807, 2.05) is 25.1 Å². The summed E-state index contributed by atoms with van der Waals surface area (Å²) in [4.78, 5) is 35.4. The summed E-state index contributed by atoms with van der Waals surface area (Å²) in [6, 6.07) is 5.58. The Morgan fingerprint density at radius 1 is 1.36 bits per heavy atom. The average Bonchev–Trinajstić information content (AvgIpc) is 2.97. The number of pyridine rings is 1. The first-order valence-electron chi connectivity index (χ1n) is 8.36. The number of aromatic nitrogens is 3. The van der Waals surface area contributed by atoms with Gasteiger partial charge in [-0.25, -0.2) is 4.98 Å². The van der Waals surface area contributed by atoms with Gasteiger partial charge in [-0.15, -0.1) is 11.3 Å². The molecule has 7 heteroatoms. The molecule has 0 unspecified atom stereocenters. The standard InChI is InChI=1S/C18H18N4O2S/c1-11-14-17(21-13-7-3-5-9-22(13)18(14)24)25-15(11)16(23)20-10-12-6-2-4-8-19-12/h2,4,6,8H,3,5,7,9-10H2,1H3,(H,20,23). The highest BCUT2D eigenvalue weighted by atomic mass is 32.1. The molecule has 1 aliphatic rings. The molecule has 0 bridgehead atoms. The first-order valence-corrected chi connectivity index (χ1v) is 9.17. The fourth-order valence-corrected chi connectivity index (χ4v) is 4.31. The molecule has 128 valence electrons. The molecule has 0 saturated heterocycles. The fraction of sp³-hybridized carbons (Fsp3) is 0.333. The van der Waals surface area contributed by atoms with E-state index >= 15 is 0 Å². The van der Waals surface area contributed by atoms with Gasteiger partial charge in [0.15, 0.2) is 0 Å². The van der Waals surface area contributed by atoms with Crippen molar-refractivity contribution in [3.8, 4) is 0 Å². The SMILES string of the molecule is Cc1c(C(=O)NCc2ccccn2)sc2nc3n(c(=O)c12)CCCC3. The summed E-state index contributed by atoms with van der Waals surface area (Å²) in [5.41, 5.74) is 1.50. The number of nitrogens with one attached hydrogen (secondary N) is 1. The number of hydrogen-bond donors (Lipinski definition) is 1. The van der Waals surface area contributed by atoms with Crippen LogP contribution in [0.5, 0.6) is 0 Å². The smallest absolute Gasteiger partial charge is 0.262 e. The predicted octanol–water partition coefficient (Wildman–Crippen LogP) is 2.43. The summed E-state index contributed by atoms with van der Waals surface area (Å²) >= 11 is 1.30. The number of nitrogens with zero attached hydrogens (tertiary/aromatic N) is 3. The summed E-state index contributed by atoms with van der Waals surface area (Å²) < 4.78 is 1.77. The predicted molar refractivity (Wildman–Crippen MR) is 97.0 cm³/mol. The molecule has 3 aromatic heterocycles. The van der Waals surface area contributed by atoms with Crippen LogP contribution in [0.25, 0.3) is 10.2 Å². The highest BCUT2D eigenvalue weighted by Gasteiger charge is 2.22. The molecule has 1 aliphatic heterocycles. The second-order valence-corrected chi connectivity index (χ2v) is 7.18. The van der Waals surface area contributed by atoms with Gasteiger partial charge in [0.05, 0.1) is 22.5 Å². The van der Waals surface area contributed by atoms with Gasteiger partial charge in [0.1, 0.15) is 10.7 Å². The molecule has 0 spiro atoms. The lowest BCUT2D eigenvalue weighted by molar-refractivity contribution is 0.0954. The molecule has 4 heterocycles. The van der Waals surface area contributed by atoms with Gasteiger partial charge in [0.2, 0.25) is 0 Å². The van der Waals surface area contributed by atoms with E-state index in [1.54, 1.807) is 10.8 Å². The molecule has 0 aliphatic carbocycles. The maximum atomic E-state index is 12.8. The van der Waals surface area contributed by atoms with Crippen LogP contribution < -0.4 is 10.9 Å². The van der Waals surface area contributed by atoms with E-state index in [9.17, 15) is 9.59 Å². The molecule has 0 fully saturated rings. The normalized spacial score (nSPS) is 13.6. The second-order valence-electron chi connectivity index (χ2n) is 6.18. The Morgan fingerprint density at radius 2 is 2.24 bits per heavy atom. The van der Waals surface area contributed by atoms with Crippen LogP contribution >= 0.6 is 11.3 Å². The third-order valence-electron chi connectivity index (χ3n) is 4.52. The Morgan fingerprint density at radius 3 is 3.04 bits per heavy atom. The van der Waals surface area contributed by atoms with E-state index < -0.39 is 0 Å². The van der Waals surface area contributed by atoms with E-state index in [-0.39, 0.29) is 11.5 Å². The van der Waals surface area contributed by atoms with E-state index in [0.29, 0.717) is 28.2 Å². The van der Waals surface area contributed by atoms with Crippen molar-refractivity contribution in [2.75, 3.05) is 0 Å². The van der Waals surface area contributed by atoms with E-state index in [4.69, 9.17) is 0 Å². The van der Waals surface area contributed by atoms with Crippen molar-refractivity contribution in [3.05, 3.63) is 56.7 Å². The lowest BCUT2D eigenvalue weighted by Crippen LogP contribution is -2.28. The van der Waals surface area contributed by atoms with Crippen LogP contribution in [0.1, 0.15) is 39.6 Å². The lowest BCUT2D eigenvalue weighted by Gasteiger charge is -2.16. The number of amides is 1. The number of hydrogen-bond acceptors (Lipinski definition) is 5. The van der Waals surface area contributed by atoms with Crippen molar-refractivity contribution in [1.82, 2.24) is 19.9 Å². The highest BCUT2D eigenvalue weighted by Crippen LogP contribution is 2.28. The van der Waals surface area contributed by atoms with Crippen molar-refractivity contribution in [2.24, 2.45) is 0 Å². The minimum Gasteiger partial charge on any atom is -0.346 e. The van der Waals surface area contributed by atoms with Crippen LogP contribution in [-0.4, -0.2) is 20.4 Å². The molecule has 0 radical (unpaired) electrons. The molecule has 3 aromatic rings. The molecule has 0 aromatic carbocycles. The maximum Gasteiger partial charge on any atom is 0.262 e. The number of carbonyl (C=O) groups is 1. The topological polar surface area (TPSA) is 76.9 Å². The molecular formula is C18H18N4O2S. The van der Waals surface area contributed by atoms with Crippen LogP contribution in [0.3, 0.4) is 0 Å². The van der Waals surface area contributed by atoms with Gasteiger partial charge in [0, 0.05) is 19.2 Å². The van der Waals surface area contributed by atoms with Gasteiger partial charge in [0.25, 0.3) is 11.5 Å². The van der Waals surface area contributed by atoms with Gasteiger partial charge in [-0.1, -0.05) is 6.07 Å². The zero-order valence-electron chi connectivity index (χ0n) is 13.9. The number of fused-ring (bicyclic) bond motifs is 2. The summed E-state index contributed by atoms with van der Waals surface area (Å²) in [7, 11) is 0. The fourth-order valence-electron chi connectivity index (χ4n) is 3.20. The first-order chi connectivity index (χ1) is 12.1. The molecule has 6 nitrogen and oxygen atoms in total. The van der Waals surface area contributed by atoms with E-state index in [1.165, 1.54) is 11.3 Å². The van der Waals surface area contributed by atoms with Gasteiger partial charge >= 0.3 is 0 Å². The Labute approximate surface area is 148 Å². The first kappa shape index (κ1) is 16.0. The maximum absolute atomic E-state index is 12.8. The highest BCUT2D eigenvalue weighted by molar-refractivity contribution is 7.20. The van der Waals surface area contributed by atoms with Crippen molar-refractivity contribution < 1.29 is 4.79 Å². The number of thiophene rings is 1. The van der Waals surface area contributed by atoms with Crippen molar-refractivity contribution >= 4 is 27.5 Å². The zero-order chi connectivity index (χ0) is 17.4. The zero-order valence-corrected chi connectivity index (χ0v) is 14.7. The lowest BCUT2D eigenvalue weighted by atomic mass is 10.1. The van der Waals surface area contributed by atoms with Crippen LogP contribution in [-0.2, 0) is 19.5 Å². The van der Waals surface area contributed by atoms with Crippen LogP contribution in [0.4, 0.5) is 0 Å². The van der Waals surface area contributed by atoms with Gasteiger partial charge in [-0.3, -0.25) is 19.1 Å². The summed E-state index contributed by atoms with van der Waals surface area (Å²) in [6.07, 6.45) is 4.57. The number of aryl methyl sites for hydroxylation is 2. The third kappa shape index (κ3) is 2.84. The Kier molecular flexibility index (Phi) is 4.09. The van der Waals surface area contributed by atoms with Crippen molar-refractivity contribution in [1.29, 1.82) is 0 Å². The largest absolute Gasteiger partial charge is 0.346 e. The molecule has 1 amide bonds. The average molecular weight is 354 g/mol. The molecule has 4 rings (SSSR count). The quantitative estimate of drug-likeness (QED) is 0.784. The Balaban J connectivity index is 1.68. The molecule has 25 heavy (non-hydrogen) atoms. The van der Waals surface area contributed by atoms with Gasteiger partial charge in [-0.2, -0.15) is 0 Å². The Hall–Kier alpha value is -2.54. The number of carbonyl (C=O) groups excluding carboxylic acids is 1. The second kappa shape index (κ2) is 6.40. The molecule has 0 saturated carbocycles. The number of rotatable bonds is 3. The van der Waals surface area contributed by atoms with E-state index in [2.05, 4.69) is 15.3 Å². The minimum absolute atomic E-state index is 0.0165. The molecular weight excluding hydrogens is 336 g/mol. The molecule has 1 N–H and O–H groups in total. The Bertz CT molecular complexity index is 1010. The van der Waals surface area contributed by atoms with Crippen LogP contribution in [0, 0.1) is 6.92 Å². The summed E-state index contributed by atoms with van der Waals surface area (Å²) in [6.45, 7) is 2.90. The van der Waals surface area contributed by atoms with Gasteiger partial charge in [-0.05, 0) is 37.5 Å². The van der Waals surface area contributed by atoms with Crippen LogP contribution in [0.15, 0.2) is 29.2 Å². The summed E-state index contributed by atoms with van der Waals surface area (Å²) in [5.74, 6) is 0.652. The van der Waals surface area contributed by atoms with Crippen LogP contribution in [0.2, 0.25) is 0 Å². The third-order valence-corrected chi connectivity index (χ3v) is 5.71. The van der Waals surface area contributed by atoms with Crippen molar-refractivity contribution in [3.63, 3.8) is 0 Å². The van der Waals surface area contributed by atoms with E-state index in [0.717, 1.165) is 36.3 Å². The summed E-state index contributed by atoms with van der Waals surface area (Å²) in [5, 5.41) is 3.46. The van der Waals surface area contributed by atoms with Gasteiger partial charge < -0.3 is 5.32 Å². The molecule has 0 atom stereocenters. The van der Waals surface area contributed by atoms with Crippen molar-refractivity contribution in [2.45, 2.75) is 39.3 Å².